The van der Waals surface area contributed by atoms with Gasteiger partial charge in [0.05, 0.1) is 28.3 Å². The summed E-state index contributed by atoms with van der Waals surface area (Å²) in [5.41, 5.74) is 8.38. The molecular weight excluding hydrogens is 955 g/mol. The first-order valence-electron chi connectivity index (χ1n) is 23.8. The number of likely N-dealkylation sites (N-methyl/N-ethyl adjacent to an activating group) is 2. The second kappa shape index (κ2) is 21.7. The number of amidine groups is 1. The fraction of sp³-hybridized carbons (Fsp3) is 0.273. The van der Waals surface area contributed by atoms with E-state index >= 15 is 0 Å². The van der Waals surface area contributed by atoms with Gasteiger partial charge in [0.15, 0.2) is 11.6 Å². The average Bonchev–Trinajstić information content (AvgIpc) is 3.55. The van der Waals surface area contributed by atoms with E-state index in [2.05, 4.69) is 97.3 Å². The van der Waals surface area contributed by atoms with E-state index in [1.54, 1.807) is 0 Å². The number of aryl methyl sites for hydroxylation is 1. The molecule has 5 aliphatic heterocycles. The van der Waals surface area contributed by atoms with Crippen LogP contribution in [-0.4, -0.2) is 125 Å². The molecule has 7 aromatic rings. The van der Waals surface area contributed by atoms with Crippen LogP contribution in [0.1, 0.15) is 34.8 Å². The Balaban J connectivity index is 0.000000122. The Morgan fingerprint density at radius 3 is 2.04 bits per heavy atom. The summed E-state index contributed by atoms with van der Waals surface area (Å²) in [5.74, 6) is 4.22. The number of aromatic nitrogens is 3. The van der Waals surface area contributed by atoms with Crippen LogP contribution in [0.2, 0.25) is 15.1 Å². The molecule has 6 heterocycles. The zero-order valence-electron chi connectivity index (χ0n) is 39.6. The third kappa shape index (κ3) is 10.8. The van der Waals surface area contributed by atoms with Crippen LogP contribution in [-0.2, 0) is 6.54 Å². The highest BCUT2D eigenvalue weighted by atomic mass is 35.5. The Hall–Kier alpha value is -5.70. The van der Waals surface area contributed by atoms with Crippen LogP contribution in [0.4, 0.5) is 17.1 Å². The van der Waals surface area contributed by atoms with Crippen molar-refractivity contribution < 1.29 is 4.74 Å². The summed E-state index contributed by atoms with van der Waals surface area (Å²) < 4.78 is 8.14. The highest BCUT2D eigenvalue weighted by Gasteiger charge is 2.27. The fourth-order valence-electron chi connectivity index (χ4n) is 9.31. The predicted molar refractivity (Wildman–Crippen MR) is 288 cm³/mol. The molecule has 0 bridgehead atoms. The van der Waals surface area contributed by atoms with Gasteiger partial charge in [-0.25, -0.2) is 4.99 Å². The van der Waals surface area contributed by atoms with E-state index in [-0.39, 0.29) is 0 Å². The van der Waals surface area contributed by atoms with Crippen LogP contribution in [0.3, 0.4) is 0 Å². The fourth-order valence-corrected chi connectivity index (χ4v) is 10.9. The molecule has 358 valence electrons. The Morgan fingerprint density at radius 1 is 0.586 bits per heavy atom. The van der Waals surface area contributed by atoms with Crippen LogP contribution < -0.4 is 9.64 Å². The molecule has 0 atom stereocenters. The van der Waals surface area contributed by atoms with E-state index in [0.29, 0.717) is 16.6 Å². The average molecular weight is 1010 g/mol. The second-order valence-corrected chi connectivity index (χ2v) is 20.4. The number of fused-ring (bicyclic) bond motifs is 7. The van der Waals surface area contributed by atoms with Crippen molar-refractivity contribution in [3.8, 4) is 17.2 Å². The third-order valence-corrected chi connectivity index (χ3v) is 14.9. The highest BCUT2D eigenvalue weighted by molar-refractivity contribution is 7.99. The van der Waals surface area contributed by atoms with Gasteiger partial charge in [-0.3, -0.25) is 9.56 Å². The summed E-state index contributed by atoms with van der Waals surface area (Å²) >= 11 is 20.6. The molecular formula is C55H55Cl3N10OS. The number of aliphatic imine (C=N–C) groups is 2. The maximum Gasteiger partial charge on any atom is 0.159 e. The van der Waals surface area contributed by atoms with Crippen molar-refractivity contribution in [2.45, 2.75) is 29.7 Å². The zero-order valence-corrected chi connectivity index (χ0v) is 42.7. The summed E-state index contributed by atoms with van der Waals surface area (Å²) in [4.78, 5) is 24.4. The Bertz CT molecular complexity index is 3040. The van der Waals surface area contributed by atoms with Crippen LogP contribution in [0.15, 0.2) is 153 Å². The number of anilines is 2. The molecule has 0 saturated carbocycles. The first kappa shape index (κ1) is 48.0. The number of hydrogen-bond donors (Lipinski definition) is 0. The lowest BCUT2D eigenvalue weighted by atomic mass is 10.0. The number of para-hydroxylation sites is 3. The number of hydrogen-bond acceptors (Lipinski definition) is 11. The van der Waals surface area contributed by atoms with Gasteiger partial charge in [0.1, 0.15) is 29.6 Å². The van der Waals surface area contributed by atoms with Crippen molar-refractivity contribution in [2.24, 2.45) is 9.98 Å². The predicted octanol–water partition coefficient (Wildman–Crippen LogP) is 11.9. The van der Waals surface area contributed by atoms with E-state index in [1.807, 2.05) is 108 Å². The molecule has 0 spiro atoms. The number of piperazine rings is 2. The molecule has 0 amide bonds. The molecule has 1 aromatic heterocycles. The Kier molecular flexibility index (Phi) is 14.9. The van der Waals surface area contributed by atoms with Gasteiger partial charge in [-0.2, -0.15) is 0 Å². The van der Waals surface area contributed by atoms with Crippen molar-refractivity contribution in [1.82, 2.24) is 34.4 Å². The van der Waals surface area contributed by atoms with Crippen molar-refractivity contribution >= 4 is 75.2 Å². The number of benzene rings is 6. The zero-order chi connectivity index (χ0) is 48.1. The van der Waals surface area contributed by atoms with Crippen molar-refractivity contribution in [3.63, 3.8) is 0 Å². The molecule has 15 heteroatoms. The molecule has 12 rings (SSSR count). The summed E-state index contributed by atoms with van der Waals surface area (Å²) in [6, 6.07) is 44.5. The topological polar surface area (TPSA) is 80.9 Å². The summed E-state index contributed by atoms with van der Waals surface area (Å²) in [6.45, 7) is 13.3. The van der Waals surface area contributed by atoms with Crippen molar-refractivity contribution in [2.75, 3.05) is 84.4 Å². The molecule has 6 aromatic carbocycles. The monoisotopic (exact) mass is 1010 g/mol. The number of nitrogens with zero attached hydrogens (tertiary/aromatic N) is 10. The lowest BCUT2D eigenvalue weighted by molar-refractivity contribution is 0.153. The molecule has 2 saturated heterocycles. The van der Waals surface area contributed by atoms with Gasteiger partial charge in [0.25, 0.3) is 0 Å². The maximum atomic E-state index is 6.29. The second-order valence-electron chi connectivity index (χ2n) is 18.0. The van der Waals surface area contributed by atoms with Crippen molar-refractivity contribution in [3.05, 3.63) is 177 Å². The quantitative estimate of drug-likeness (QED) is 0.167. The minimum absolute atomic E-state index is 0.497. The van der Waals surface area contributed by atoms with Gasteiger partial charge >= 0.3 is 0 Å². The minimum atomic E-state index is 0.497. The van der Waals surface area contributed by atoms with Crippen molar-refractivity contribution in [1.29, 1.82) is 0 Å². The van der Waals surface area contributed by atoms with E-state index in [0.717, 1.165) is 113 Å². The van der Waals surface area contributed by atoms with Crippen LogP contribution in [0.5, 0.6) is 11.5 Å². The van der Waals surface area contributed by atoms with Crippen LogP contribution >= 0.6 is 46.6 Å². The summed E-state index contributed by atoms with van der Waals surface area (Å²) in [7, 11) is 4.36. The molecule has 0 N–H and O–H groups in total. The standard InChI is InChI=1S/C20H24ClN3S.C18H18ClN3O.C17H13ClN4/c1-22-11-13-23(14-12-22)9-4-10-24-17-5-2-3-6-19(17)25-20-8-7-16(21)15-18(20)24;1-21-8-10-22(11-9-21)18-14-12-13(19)6-7-16(14)23-17-5-3-2-4-15(17)20-18;1-11-20-21-16-10-19-17(12-5-3-2-4-6-12)14-9-13(18)7-8-15(14)22(11)16/h2-3,5-8,15H,4,9-14H2,1H3;2-7,12H,8-11H2,1H3;2-9H,10H2,1H3. The van der Waals surface area contributed by atoms with Gasteiger partial charge < -0.3 is 29.2 Å². The third-order valence-electron chi connectivity index (χ3n) is 13.1. The molecule has 0 unspecified atom stereocenters. The molecule has 5 aliphatic rings. The lowest BCUT2D eigenvalue weighted by Crippen LogP contribution is -2.47. The molecule has 70 heavy (non-hydrogen) atoms. The van der Waals surface area contributed by atoms with E-state index in [1.165, 1.54) is 47.3 Å². The van der Waals surface area contributed by atoms with Crippen LogP contribution in [0.25, 0.3) is 5.69 Å². The molecule has 0 radical (unpaired) electrons. The normalized spacial score (nSPS) is 16.4. The van der Waals surface area contributed by atoms with Gasteiger partial charge in [0, 0.05) is 94.9 Å². The molecule has 2 fully saturated rings. The van der Waals surface area contributed by atoms with Gasteiger partial charge in [0.2, 0.25) is 0 Å². The minimum Gasteiger partial charge on any atom is -0.454 e. The number of halogens is 3. The number of ether oxygens (including phenoxy) is 1. The van der Waals surface area contributed by atoms with Gasteiger partial charge in [-0.15, -0.1) is 10.2 Å². The SMILES string of the molecule is CN1CCN(C2=Nc3ccccc3Oc3ccc(Cl)cc32)CC1.CN1CCN(CCCN2c3ccccc3Sc3ccc(Cl)cc32)CC1.Cc1nnc2n1-c1ccc(Cl)cc1C(c1ccccc1)=NC2. The van der Waals surface area contributed by atoms with Crippen LogP contribution in [0, 0.1) is 6.92 Å². The molecule has 0 aliphatic carbocycles. The van der Waals surface area contributed by atoms with E-state index in [9.17, 15) is 0 Å². The summed E-state index contributed by atoms with van der Waals surface area (Å²) in [5, 5.41) is 10.6. The van der Waals surface area contributed by atoms with Gasteiger partial charge in [-0.1, -0.05) is 101 Å². The van der Waals surface area contributed by atoms with Gasteiger partial charge in [-0.05, 0) is 113 Å². The Labute approximate surface area is 430 Å². The maximum absolute atomic E-state index is 6.29. The van der Waals surface area contributed by atoms with E-state index in [4.69, 9.17) is 49.5 Å². The largest absolute Gasteiger partial charge is 0.454 e. The lowest BCUT2D eigenvalue weighted by Gasteiger charge is -2.35. The first-order chi connectivity index (χ1) is 34.1. The first-order valence-corrected chi connectivity index (χ1v) is 25.7. The Morgan fingerprint density at radius 2 is 1.24 bits per heavy atom. The summed E-state index contributed by atoms with van der Waals surface area (Å²) in [6.07, 6.45) is 1.16. The van der Waals surface area contributed by atoms with E-state index < -0.39 is 0 Å². The molecule has 11 nitrogen and oxygen atoms in total. The smallest absolute Gasteiger partial charge is 0.159 e. The highest BCUT2D eigenvalue weighted by Crippen LogP contribution is 2.49. The number of rotatable bonds is 5.